The number of fused-ring (bicyclic) bond motifs is 1. The van der Waals surface area contributed by atoms with Crippen LogP contribution in [0, 0.1) is 0 Å². The Morgan fingerprint density at radius 1 is 1.05 bits per heavy atom. The quantitative estimate of drug-likeness (QED) is 0.910. The number of nitrogens with zero attached hydrogens (tertiary/aromatic N) is 1. The summed E-state index contributed by atoms with van der Waals surface area (Å²) in [6, 6.07) is 15.2. The lowest BCUT2D eigenvalue weighted by molar-refractivity contribution is 0.0756. The van der Waals surface area contributed by atoms with Crippen LogP contribution in [0.15, 0.2) is 48.5 Å². The molecule has 2 aromatic rings. The van der Waals surface area contributed by atoms with Crippen molar-refractivity contribution in [1.82, 2.24) is 5.32 Å². The van der Waals surface area contributed by atoms with Crippen molar-refractivity contribution in [3.63, 3.8) is 0 Å². The van der Waals surface area contributed by atoms with Gasteiger partial charge in [-0.3, -0.25) is 4.79 Å². The molecule has 1 atom stereocenters. The van der Waals surface area contributed by atoms with Crippen LogP contribution in [-0.2, 0) is 0 Å². The van der Waals surface area contributed by atoms with E-state index in [2.05, 4.69) is 5.32 Å². The van der Waals surface area contributed by atoms with Crippen LogP contribution in [0.25, 0.3) is 0 Å². The van der Waals surface area contributed by atoms with Crippen LogP contribution < -0.4 is 15.0 Å². The fraction of sp³-hybridized carbons (Fsp3) is 0.188. The number of anilines is 1. The zero-order chi connectivity index (χ0) is 14.1. The predicted octanol–water partition coefficient (Wildman–Crippen LogP) is 2.57. The molecule has 0 aromatic heterocycles. The smallest absolute Gasteiger partial charge is 0.258 e. The number of carbonyl (C=O) groups is 1. The van der Waals surface area contributed by atoms with Gasteiger partial charge in [0.15, 0.2) is 6.23 Å². The van der Waals surface area contributed by atoms with Gasteiger partial charge in [0.25, 0.3) is 5.91 Å². The molecule has 0 aliphatic carbocycles. The van der Waals surface area contributed by atoms with Gasteiger partial charge in [0, 0.05) is 25.3 Å². The third kappa shape index (κ3) is 2.20. The fourth-order valence-electron chi connectivity index (χ4n) is 2.21. The molecule has 20 heavy (non-hydrogen) atoms. The summed E-state index contributed by atoms with van der Waals surface area (Å²) in [5, 5.41) is 2.86. The zero-order valence-corrected chi connectivity index (χ0v) is 11.5. The van der Waals surface area contributed by atoms with Gasteiger partial charge in [-0.15, -0.1) is 0 Å². The van der Waals surface area contributed by atoms with E-state index in [0.717, 1.165) is 11.3 Å². The van der Waals surface area contributed by atoms with Gasteiger partial charge >= 0.3 is 0 Å². The second kappa shape index (κ2) is 4.89. The van der Waals surface area contributed by atoms with Gasteiger partial charge in [-0.2, -0.15) is 0 Å². The molecule has 1 aliphatic heterocycles. The van der Waals surface area contributed by atoms with Crippen LogP contribution in [0.3, 0.4) is 0 Å². The lowest BCUT2D eigenvalue weighted by atomic mass is 10.1. The highest BCUT2D eigenvalue weighted by molar-refractivity contribution is 5.97. The summed E-state index contributed by atoms with van der Waals surface area (Å²) in [5.74, 6) is 0.520. The monoisotopic (exact) mass is 268 g/mol. The lowest BCUT2D eigenvalue weighted by Crippen LogP contribution is -2.36. The number of amides is 1. The Kier molecular flexibility index (Phi) is 3.06. The van der Waals surface area contributed by atoms with Crippen molar-refractivity contribution in [2.75, 3.05) is 19.0 Å². The number of hydrogen-bond acceptors (Lipinski definition) is 3. The third-order valence-corrected chi connectivity index (χ3v) is 3.35. The molecular weight excluding hydrogens is 252 g/mol. The molecule has 102 valence electrons. The van der Waals surface area contributed by atoms with Gasteiger partial charge in [-0.05, 0) is 24.3 Å². The Morgan fingerprint density at radius 3 is 2.45 bits per heavy atom. The minimum absolute atomic E-state index is 0.103. The molecule has 2 aromatic carbocycles. The fourth-order valence-corrected chi connectivity index (χ4v) is 2.21. The standard InChI is InChI=1S/C16H16N2O2/c1-18(2)12-9-7-11(8-10-12)16-17-15(19)13-5-3-4-6-14(13)20-16/h3-10,16H,1-2H3,(H,17,19)/t16-/m0/s1. The number of nitrogens with one attached hydrogen (secondary N) is 1. The van der Waals surface area contributed by atoms with Crippen molar-refractivity contribution in [2.45, 2.75) is 6.23 Å². The molecule has 0 saturated heterocycles. The average Bonchev–Trinajstić information content (AvgIpc) is 2.47. The van der Waals surface area contributed by atoms with Crippen molar-refractivity contribution in [3.05, 3.63) is 59.7 Å². The number of para-hydroxylation sites is 1. The molecule has 4 nitrogen and oxygen atoms in total. The van der Waals surface area contributed by atoms with Gasteiger partial charge in [-0.1, -0.05) is 24.3 Å². The maximum Gasteiger partial charge on any atom is 0.258 e. The molecule has 3 rings (SSSR count). The van der Waals surface area contributed by atoms with Crippen LogP contribution in [0.4, 0.5) is 5.69 Å². The van der Waals surface area contributed by atoms with E-state index >= 15 is 0 Å². The van der Waals surface area contributed by atoms with E-state index in [-0.39, 0.29) is 5.91 Å². The molecular formula is C16H16N2O2. The maximum atomic E-state index is 12.0. The Balaban J connectivity index is 1.88. The van der Waals surface area contributed by atoms with E-state index in [1.165, 1.54) is 0 Å². The molecule has 1 heterocycles. The second-order valence-corrected chi connectivity index (χ2v) is 4.95. The number of hydrogen-bond donors (Lipinski definition) is 1. The first kappa shape index (κ1) is 12.5. The predicted molar refractivity (Wildman–Crippen MR) is 78.0 cm³/mol. The Labute approximate surface area is 118 Å². The SMILES string of the molecule is CN(C)c1ccc([C@H]2NC(=O)c3ccccc3O2)cc1. The van der Waals surface area contributed by atoms with E-state index in [9.17, 15) is 4.79 Å². The second-order valence-electron chi connectivity index (χ2n) is 4.95. The molecule has 0 spiro atoms. The summed E-state index contributed by atoms with van der Waals surface area (Å²) in [6.07, 6.45) is -0.436. The van der Waals surface area contributed by atoms with Crippen molar-refractivity contribution < 1.29 is 9.53 Å². The molecule has 1 N–H and O–H groups in total. The molecule has 0 fully saturated rings. The summed E-state index contributed by atoms with van der Waals surface area (Å²) >= 11 is 0. The molecule has 1 amide bonds. The average molecular weight is 268 g/mol. The van der Waals surface area contributed by atoms with Crippen LogP contribution in [0.5, 0.6) is 5.75 Å². The molecule has 4 heteroatoms. The van der Waals surface area contributed by atoms with Crippen molar-refractivity contribution in [1.29, 1.82) is 0 Å². The lowest BCUT2D eigenvalue weighted by Gasteiger charge is -2.27. The summed E-state index contributed by atoms with van der Waals surface area (Å²) in [4.78, 5) is 14.1. The van der Waals surface area contributed by atoms with Gasteiger partial charge in [0.2, 0.25) is 0 Å². The molecule has 0 saturated carbocycles. The molecule has 0 unspecified atom stereocenters. The zero-order valence-electron chi connectivity index (χ0n) is 11.5. The minimum atomic E-state index is -0.436. The Bertz CT molecular complexity index is 635. The first-order chi connectivity index (χ1) is 9.65. The first-order valence-corrected chi connectivity index (χ1v) is 6.49. The van der Waals surface area contributed by atoms with Crippen molar-refractivity contribution in [2.24, 2.45) is 0 Å². The van der Waals surface area contributed by atoms with Gasteiger partial charge in [0.1, 0.15) is 5.75 Å². The van der Waals surface area contributed by atoms with Crippen LogP contribution in [0.2, 0.25) is 0 Å². The van der Waals surface area contributed by atoms with E-state index in [4.69, 9.17) is 4.74 Å². The minimum Gasteiger partial charge on any atom is -0.466 e. The highest BCUT2D eigenvalue weighted by Gasteiger charge is 2.25. The summed E-state index contributed by atoms with van der Waals surface area (Å²) in [5.41, 5.74) is 2.61. The highest BCUT2D eigenvalue weighted by Crippen LogP contribution is 2.29. The van der Waals surface area contributed by atoms with Gasteiger partial charge < -0.3 is 15.0 Å². The van der Waals surface area contributed by atoms with E-state index in [1.54, 1.807) is 6.07 Å². The highest BCUT2D eigenvalue weighted by atomic mass is 16.5. The van der Waals surface area contributed by atoms with Gasteiger partial charge in [-0.25, -0.2) is 0 Å². The van der Waals surface area contributed by atoms with E-state index in [0.29, 0.717) is 11.3 Å². The topological polar surface area (TPSA) is 41.6 Å². The van der Waals surface area contributed by atoms with Crippen molar-refractivity contribution in [3.8, 4) is 5.75 Å². The van der Waals surface area contributed by atoms with Crippen LogP contribution >= 0.6 is 0 Å². The number of rotatable bonds is 2. The van der Waals surface area contributed by atoms with Crippen molar-refractivity contribution >= 4 is 11.6 Å². The maximum absolute atomic E-state index is 12.0. The van der Waals surface area contributed by atoms with Crippen LogP contribution in [-0.4, -0.2) is 20.0 Å². The van der Waals surface area contributed by atoms with Gasteiger partial charge in [0.05, 0.1) is 5.56 Å². The Morgan fingerprint density at radius 2 is 1.75 bits per heavy atom. The van der Waals surface area contributed by atoms with E-state index in [1.807, 2.05) is 61.5 Å². The van der Waals surface area contributed by atoms with E-state index < -0.39 is 6.23 Å². The third-order valence-electron chi connectivity index (χ3n) is 3.35. The molecule has 1 aliphatic rings. The largest absolute Gasteiger partial charge is 0.466 e. The summed E-state index contributed by atoms with van der Waals surface area (Å²) < 4.78 is 5.84. The summed E-state index contributed by atoms with van der Waals surface area (Å²) in [6.45, 7) is 0. The van der Waals surface area contributed by atoms with Crippen LogP contribution in [0.1, 0.15) is 22.1 Å². The number of carbonyl (C=O) groups excluding carboxylic acids is 1. The number of benzene rings is 2. The molecule has 0 bridgehead atoms. The first-order valence-electron chi connectivity index (χ1n) is 6.49. The Hall–Kier alpha value is -2.49. The summed E-state index contributed by atoms with van der Waals surface area (Å²) in [7, 11) is 3.98. The molecule has 0 radical (unpaired) electrons. The normalized spacial score (nSPS) is 16.9. The number of ether oxygens (including phenoxy) is 1.